The monoisotopic (exact) mass is 355 g/mol. The lowest BCUT2D eigenvalue weighted by atomic mass is 9.96. The third-order valence-corrected chi connectivity index (χ3v) is 6.19. The van der Waals surface area contributed by atoms with Crippen LogP contribution in [0.1, 0.15) is 18.4 Å². The first-order chi connectivity index (χ1) is 10.4. The maximum atomic E-state index is 12.4. The molecule has 1 fully saturated rings. The van der Waals surface area contributed by atoms with Crippen LogP contribution in [-0.4, -0.2) is 15.0 Å². The Kier molecular flexibility index (Phi) is 4.21. The van der Waals surface area contributed by atoms with Crippen molar-refractivity contribution < 1.29 is 8.42 Å². The molecule has 0 aromatic heterocycles. The quantitative estimate of drug-likeness (QED) is 0.880. The van der Waals surface area contributed by atoms with Gasteiger partial charge in [-0.15, -0.1) is 0 Å². The number of rotatable bonds is 5. The fraction of sp³-hybridized carbons (Fsp3) is 0.250. The fourth-order valence-electron chi connectivity index (χ4n) is 2.50. The van der Waals surface area contributed by atoms with Crippen LogP contribution in [0.5, 0.6) is 0 Å². The summed E-state index contributed by atoms with van der Waals surface area (Å²) >= 11 is 11.9. The van der Waals surface area contributed by atoms with Gasteiger partial charge in [-0.2, -0.15) is 0 Å². The van der Waals surface area contributed by atoms with E-state index in [1.807, 2.05) is 24.3 Å². The van der Waals surface area contributed by atoms with Crippen molar-refractivity contribution in [3.63, 3.8) is 0 Å². The Balaban J connectivity index is 1.77. The van der Waals surface area contributed by atoms with Crippen LogP contribution in [0.2, 0.25) is 10.0 Å². The summed E-state index contributed by atoms with van der Waals surface area (Å²) < 4.78 is 27.5. The summed E-state index contributed by atoms with van der Waals surface area (Å²) in [7, 11) is -3.61. The summed E-state index contributed by atoms with van der Waals surface area (Å²) in [6.45, 7) is 0.363. The highest BCUT2D eigenvalue weighted by molar-refractivity contribution is 7.89. The van der Waals surface area contributed by atoms with Crippen LogP contribution in [0.3, 0.4) is 0 Å². The third-order valence-electron chi connectivity index (χ3n) is 4.04. The molecule has 0 saturated heterocycles. The first-order valence-electron chi connectivity index (χ1n) is 6.93. The molecule has 0 radical (unpaired) electrons. The second-order valence-corrected chi connectivity index (χ2v) is 8.12. The first-order valence-corrected chi connectivity index (χ1v) is 9.17. The minimum atomic E-state index is -3.61. The van der Waals surface area contributed by atoms with E-state index in [0.29, 0.717) is 11.6 Å². The highest BCUT2D eigenvalue weighted by atomic mass is 35.5. The molecule has 0 atom stereocenters. The zero-order chi connectivity index (χ0) is 15.8. The molecule has 2 aromatic rings. The Morgan fingerprint density at radius 2 is 1.64 bits per heavy atom. The summed E-state index contributed by atoms with van der Waals surface area (Å²) in [6, 6.07) is 14.0. The van der Waals surface area contributed by atoms with Gasteiger partial charge in [0.25, 0.3) is 0 Å². The molecule has 1 aliphatic carbocycles. The van der Waals surface area contributed by atoms with E-state index < -0.39 is 10.0 Å². The lowest BCUT2D eigenvalue weighted by Gasteiger charge is -2.17. The van der Waals surface area contributed by atoms with E-state index in [9.17, 15) is 8.42 Å². The van der Waals surface area contributed by atoms with Crippen LogP contribution in [0, 0.1) is 0 Å². The molecule has 1 aliphatic rings. The molecule has 1 saturated carbocycles. The SMILES string of the molecule is O=S(=O)(NCC1(c2ccc(Cl)cc2)CC1)c1ccccc1Cl. The highest BCUT2D eigenvalue weighted by Gasteiger charge is 2.44. The highest BCUT2D eigenvalue weighted by Crippen LogP contribution is 2.48. The molecule has 1 N–H and O–H groups in total. The lowest BCUT2D eigenvalue weighted by Crippen LogP contribution is -2.32. The molecule has 0 bridgehead atoms. The molecule has 0 unspecified atom stereocenters. The number of nitrogens with one attached hydrogen (secondary N) is 1. The zero-order valence-corrected chi connectivity index (χ0v) is 14.0. The summed E-state index contributed by atoms with van der Waals surface area (Å²) in [5, 5.41) is 0.905. The van der Waals surface area contributed by atoms with Crippen LogP contribution >= 0.6 is 23.2 Å². The Hall–Kier alpha value is -1.07. The molecule has 3 rings (SSSR count). The molecule has 3 nitrogen and oxygen atoms in total. The van der Waals surface area contributed by atoms with Crippen LogP contribution in [0.4, 0.5) is 0 Å². The summed E-state index contributed by atoms with van der Waals surface area (Å²) in [5.41, 5.74) is 0.984. The van der Waals surface area contributed by atoms with E-state index in [2.05, 4.69) is 4.72 Å². The molecular weight excluding hydrogens is 341 g/mol. The number of halogens is 2. The molecule has 6 heteroatoms. The van der Waals surface area contributed by atoms with Gasteiger partial charge in [-0.25, -0.2) is 13.1 Å². The average molecular weight is 356 g/mol. The second kappa shape index (κ2) is 5.85. The van der Waals surface area contributed by atoms with Gasteiger partial charge in [-0.1, -0.05) is 47.5 Å². The van der Waals surface area contributed by atoms with Crippen LogP contribution in [-0.2, 0) is 15.4 Å². The summed E-state index contributed by atoms with van der Waals surface area (Å²) in [5.74, 6) is 0. The van der Waals surface area contributed by atoms with Crippen molar-refractivity contribution in [2.45, 2.75) is 23.2 Å². The van der Waals surface area contributed by atoms with Gasteiger partial charge in [0.2, 0.25) is 10.0 Å². The topological polar surface area (TPSA) is 46.2 Å². The van der Waals surface area contributed by atoms with E-state index >= 15 is 0 Å². The first kappa shape index (κ1) is 15.8. The number of hydrogen-bond donors (Lipinski definition) is 1. The molecule has 22 heavy (non-hydrogen) atoms. The van der Waals surface area contributed by atoms with Gasteiger partial charge < -0.3 is 0 Å². The number of sulfonamides is 1. The Morgan fingerprint density at radius 1 is 1.00 bits per heavy atom. The van der Waals surface area contributed by atoms with Gasteiger partial charge >= 0.3 is 0 Å². The van der Waals surface area contributed by atoms with E-state index in [4.69, 9.17) is 23.2 Å². The van der Waals surface area contributed by atoms with E-state index in [-0.39, 0.29) is 15.3 Å². The van der Waals surface area contributed by atoms with Gasteiger partial charge in [0.15, 0.2) is 0 Å². The molecule has 0 heterocycles. The van der Waals surface area contributed by atoms with Crippen LogP contribution < -0.4 is 4.72 Å². The van der Waals surface area contributed by atoms with Gasteiger partial charge in [-0.3, -0.25) is 0 Å². The Morgan fingerprint density at radius 3 is 2.23 bits per heavy atom. The largest absolute Gasteiger partial charge is 0.242 e. The fourth-order valence-corrected chi connectivity index (χ4v) is 4.27. The molecule has 0 aliphatic heterocycles. The molecule has 116 valence electrons. The van der Waals surface area contributed by atoms with Crippen LogP contribution in [0.25, 0.3) is 0 Å². The van der Waals surface area contributed by atoms with Gasteiger partial charge in [0, 0.05) is 17.0 Å². The van der Waals surface area contributed by atoms with Gasteiger partial charge in [0.1, 0.15) is 4.90 Å². The average Bonchev–Trinajstić information content (AvgIpc) is 3.27. The van der Waals surface area contributed by atoms with Crippen LogP contribution in [0.15, 0.2) is 53.4 Å². The standard InChI is InChI=1S/C16H15Cl2NO2S/c17-13-7-5-12(6-8-13)16(9-10-16)11-19-22(20,21)15-4-2-1-3-14(15)18/h1-8,19H,9-11H2. The van der Waals surface area contributed by atoms with Crippen molar-refractivity contribution in [2.24, 2.45) is 0 Å². The predicted octanol–water partition coefficient (Wildman–Crippen LogP) is 4.00. The van der Waals surface area contributed by atoms with E-state index in [1.165, 1.54) is 6.07 Å². The van der Waals surface area contributed by atoms with Gasteiger partial charge in [-0.05, 0) is 42.7 Å². The number of benzene rings is 2. The van der Waals surface area contributed by atoms with Crippen molar-refractivity contribution >= 4 is 33.2 Å². The molecular formula is C16H15Cl2NO2S. The van der Waals surface area contributed by atoms with Crippen molar-refractivity contribution in [1.82, 2.24) is 4.72 Å². The predicted molar refractivity (Wildman–Crippen MR) is 89.0 cm³/mol. The number of hydrogen-bond acceptors (Lipinski definition) is 2. The lowest BCUT2D eigenvalue weighted by molar-refractivity contribution is 0.567. The maximum absolute atomic E-state index is 12.4. The normalized spacial score (nSPS) is 16.5. The van der Waals surface area contributed by atoms with Crippen molar-refractivity contribution in [3.8, 4) is 0 Å². The third kappa shape index (κ3) is 3.15. The molecule has 2 aromatic carbocycles. The molecule has 0 amide bonds. The van der Waals surface area contributed by atoms with E-state index in [0.717, 1.165) is 18.4 Å². The Bertz CT molecular complexity index is 784. The molecule has 0 spiro atoms. The minimum Gasteiger partial charge on any atom is -0.210 e. The summed E-state index contributed by atoms with van der Waals surface area (Å²) in [4.78, 5) is 0.114. The van der Waals surface area contributed by atoms with Crippen molar-refractivity contribution in [2.75, 3.05) is 6.54 Å². The second-order valence-electron chi connectivity index (χ2n) is 5.54. The minimum absolute atomic E-state index is 0.114. The Labute approximate surface area is 140 Å². The zero-order valence-electron chi connectivity index (χ0n) is 11.7. The van der Waals surface area contributed by atoms with Crippen molar-refractivity contribution in [1.29, 1.82) is 0 Å². The maximum Gasteiger partial charge on any atom is 0.242 e. The van der Waals surface area contributed by atoms with Gasteiger partial charge in [0.05, 0.1) is 5.02 Å². The van der Waals surface area contributed by atoms with Crippen molar-refractivity contribution in [3.05, 3.63) is 64.1 Å². The van der Waals surface area contributed by atoms with E-state index in [1.54, 1.807) is 18.2 Å². The summed E-state index contributed by atoms with van der Waals surface area (Å²) in [6.07, 6.45) is 1.92. The smallest absolute Gasteiger partial charge is 0.210 e.